The number of carbonyl (C=O) groups excluding carboxylic acids is 1. The smallest absolute Gasteiger partial charge is 0.309 e. The van der Waals surface area contributed by atoms with Crippen LogP contribution in [0.3, 0.4) is 0 Å². The summed E-state index contributed by atoms with van der Waals surface area (Å²) in [5.74, 6) is 2.23. The van der Waals surface area contributed by atoms with Crippen molar-refractivity contribution in [2.45, 2.75) is 26.2 Å². The second kappa shape index (κ2) is 5.22. The lowest BCUT2D eigenvalue weighted by molar-refractivity contribution is -0.151. The van der Waals surface area contributed by atoms with Gasteiger partial charge in [-0.15, -0.1) is 11.6 Å². The average molecular weight is 243 g/mol. The molecule has 3 heteroatoms. The van der Waals surface area contributed by atoms with Gasteiger partial charge >= 0.3 is 5.97 Å². The second-order valence-corrected chi connectivity index (χ2v) is 5.27. The molecule has 2 aliphatic carbocycles. The van der Waals surface area contributed by atoms with E-state index in [1.807, 2.05) is 0 Å². The highest BCUT2D eigenvalue weighted by molar-refractivity contribution is 6.17. The zero-order valence-electron chi connectivity index (χ0n) is 9.69. The van der Waals surface area contributed by atoms with E-state index in [4.69, 9.17) is 16.3 Å². The van der Waals surface area contributed by atoms with Crippen molar-refractivity contribution in [3.8, 4) is 0 Å². The molecule has 2 nitrogen and oxygen atoms in total. The van der Waals surface area contributed by atoms with Crippen LogP contribution in [0.5, 0.6) is 0 Å². The van der Waals surface area contributed by atoms with Gasteiger partial charge in [-0.25, -0.2) is 0 Å². The molecular weight excluding hydrogens is 224 g/mol. The normalized spacial score (nSPS) is 35.6. The maximum absolute atomic E-state index is 11.9. The van der Waals surface area contributed by atoms with Crippen LogP contribution < -0.4 is 0 Å². The van der Waals surface area contributed by atoms with Gasteiger partial charge in [-0.1, -0.05) is 19.1 Å². The first-order chi connectivity index (χ1) is 7.74. The molecule has 0 aromatic heterocycles. The molecule has 0 aliphatic heterocycles. The van der Waals surface area contributed by atoms with E-state index in [-0.39, 0.29) is 11.9 Å². The van der Waals surface area contributed by atoms with Gasteiger partial charge in [0, 0.05) is 5.88 Å². The van der Waals surface area contributed by atoms with Gasteiger partial charge in [0.1, 0.15) is 0 Å². The fourth-order valence-electron chi connectivity index (χ4n) is 2.92. The third-order valence-electron chi connectivity index (χ3n) is 3.90. The number of carbonyl (C=O) groups is 1. The Morgan fingerprint density at radius 2 is 2.12 bits per heavy atom. The first kappa shape index (κ1) is 12.0. The van der Waals surface area contributed by atoms with E-state index in [1.165, 1.54) is 0 Å². The van der Waals surface area contributed by atoms with Gasteiger partial charge in [0.05, 0.1) is 12.5 Å². The van der Waals surface area contributed by atoms with Gasteiger partial charge in [-0.3, -0.25) is 4.79 Å². The molecule has 0 unspecified atom stereocenters. The SMILES string of the molecule is C[C@@H]1[C@H](C(=O)OCCCCCl)[C@H]2C=C[C@H]1C2. The van der Waals surface area contributed by atoms with Gasteiger partial charge in [0.2, 0.25) is 0 Å². The van der Waals surface area contributed by atoms with Gasteiger partial charge in [-0.05, 0) is 37.0 Å². The predicted molar refractivity (Wildman–Crippen MR) is 64.3 cm³/mol. The molecule has 0 saturated heterocycles. The third kappa shape index (κ3) is 2.27. The van der Waals surface area contributed by atoms with Crippen LogP contribution in [0, 0.1) is 23.7 Å². The third-order valence-corrected chi connectivity index (χ3v) is 4.16. The summed E-state index contributed by atoms with van der Waals surface area (Å²) in [4.78, 5) is 11.9. The van der Waals surface area contributed by atoms with Crippen molar-refractivity contribution in [2.75, 3.05) is 12.5 Å². The average Bonchev–Trinajstić information content (AvgIpc) is 2.84. The fourth-order valence-corrected chi connectivity index (χ4v) is 3.11. The van der Waals surface area contributed by atoms with Crippen LogP contribution in [0.1, 0.15) is 26.2 Å². The minimum Gasteiger partial charge on any atom is -0.465 e. The molecule has 2 bridgehead atoms. The van der Waals surface area contributed by atoms with Crippen molar-refractivity contribution >= 4 is 17.6 Å². The highest BCUT2D eigenvalue weighted by atomic mass is 35.5. The lowest BCUT2D eigenvalue weighted by Crippen LogP contribution is -2.27. The van der Waals surface area contributed by atoms with Gasteiger partial charge in [0.15, 0.2) is 0 Å². The predicted octanol–water partition coefficient (Wildman–Crippen LogP) is 3.01. The molecule has 2 aliphatic rings. The molecule has 0 amide bonds. The minimum atomic E-state index is -0.000998. The Bertz CT molecular complexity index is 288. The van der Waals surface area contributed by atoms with E-state index in [2.05, 4.69) is 19.1 Å². The van der Waals surface area contributed by atoms with E-state index in [0.29, 0.717) is 30.2 Å². The van der Waals surface area contributed by atoms with Crippen molar-refractivity contribution in [1.82, 2.24) is 0 Å². The highest BCUT2D eigenvalue weighted by Crippen LogP contribution is 2.48. The first-order valence-electron chi connectivity index (χ1n) is 6.15. The van der Waals surface area contributed by atoms with E-state index >= 15 is 0 Å². The summed E-state index contributed by atoms with van der Waals surface area (Å²) >= 11 is 5.57. The number of unbranched alkanes of at least 4 members (excludes halogenated alkanes) is 1. The Hall–Kier alpha value is -0.500. The Labute approximate surface area is 102 Å². The molecule has 0 radical (unpaired) electrons. The molecule has 1 fully saturated rings. The Morgan fingerprint density at radius 1 is 1.38 bits per heavy atom. The molecule has 16 heavy (non-hydrogen) atoms. The van der Waals surface area contributed by atoms with E-state index in [1.54, 1.807) is 0 Å². The summed E-state index contributed by atoms with van der Waals surface area (Å²) in [6, 6.07) is 0. The van der Waals surface area contributed by atoms with Crippen molar-refractivity contribution in [3.63, 3.8) is 0 Å². The first-order valence-corrected chi connectivity index (χ1v) is 6.68. The number of esters is 1. The quantitative estimate of drug-likeness (QED) is 0.321. The number of alkyl halides is 1. The van der Waals surface area contributed by atoms with Gasteiger partial charge in [-0.2, -0.15) is 0 Å². The number of fused-ring (bicyclic) bond motifs is 2. The zero-order valence-corrected chi connectivity index (χ0v) is 10.5. The number of halogens is 1. The highest BCUT2D eigenvalue weighted by Gasteiger charge is 2.46. The van der Waals surface area contributed by atoms with Crippen LogP contribution in [-0.2, 0) is 9.53 Å². The maximum atomic E-state index is 11.9. The molecule has 0 N–H and O–H groups in total. The second-order valence-electron chi connectivity index (χ2n) is 4.90. The zero-order chi connectivity index (χ0) is 11.5. The van der Waals surface area contributed by atoms with E-state index < -0.39 is 0 Å². The molecule has 2 rings (SSSR count). The van der Waals surface area contributed by atoms with Crippen LogP contribution in [0.4, 0.5) is 0 Å². The molecular formula is C13H19ClO2. The minimum absolute atomic E-state index is 0.000998. The molecule has 0 spiro atoms. The van der Waals surface area contributed by atoms with Crippen molar-refractivity contribution in [3.05, 3.63) is 12.2 Å². The maximum Gasteiger partial charge on any atom is 0.309 e. The summed E-state index contributed by atoms with van der Waals surface area (Å²) in [6.07, 6.45) is 7.38. The number of hydrogen-bond acceptors (Lipinski definition) is 2. The monoisotopic (exact) mass is 242 g/mol. The summed E-state index contributed by atoms with van der Waals surface area (Å²) in [6.45, 7) is 2.69. The van der Waals surface area contributed by atoms with Crippen LogP contribution in [0.2, 0.25) is 0 Å². The number of rotatable bonds is 5. The molecule has 0 aromatic carbocycles. The summed E-state index contributed by atoms with van der Waals surface area (Å²) < 4.78 is 5.32. The standard InChI is InChI=1S/C13H19ClO2/c1-9-10-4-5-11(8-10)12(9)13(15)16-7-3-2-6-14/h4-5,9-12H,2-3,6-8H2,1H3/t9-,10-,11-,12-/m0/s1. The molecule has 0 aromatic rings. The van der Waals surface area contributed by atoms with E-state index in [9.17, 15) is 4.79 Å². The largest absolute Gasteiger partial charge is 0.465 e. The molecule has 1 saturated carbocycles. The molecule has 4 atom stereocenters. The van der Waals surface area contributed by atoms with Crippen molar-refractivity contribution in [1.29, 1.82) is 0 Å². The molecule has 90 valence electrons. The van der Waals surface area contributed by atoms with Crippen molar-refractivity contribution < 1.29 is 9.53 Å². The van der Waals surface area contributed by atoms with Crippen molar-refractivity contribution in [2.24, 2.45) is 23.7 Å². The lowest BCUT2D eigenvalue weighted by atomic mass is 9.84. The summed E-state index contributed by atoms with van der Waals surface area (Å²) in [7, 11) is 0. The summed E-state index contributed by atoms with van der Waals surface area (Å²) in [5, 5.41) is 0. The van der Waals surface area contributed by atoms with Gasteiger partial charge < -0.3 is 4.74 Å². The van der Waals surface area contributed by atoms with E-state index in [0.717, 1.165) is 19.3 Å². The Morgan fingerprint density at radius 3 is 2.75 bits per heavy atom. The Kier molecular flexibility index (Phi) is 3.91. The fraction of sp³-hybridized carbons (Fsp3) is 0.769. The number of hydrogen-bond donors (Lipinski definition) is 0. The summed E-state index contributed by atoms with van der Waals surface area (Å²) in [5.41, 5.74) is 0. The Balaban J connectivity index is 1.79. The topological polar surface area (TPSA) is 26.3 Å². The van der Waals surface area contributed by atoms with Crippen LogP contribution in [0.15, 0.2) is 12.2 Å². The number of allylic oxidation sites excluding steroid dienone is 2. The van der Waals surface area contributed by atoms with Crippen LogP contribution in [-0.4, -0.2) is 18.5 Å². The van der Waals surface area contributed by atoms with Crippen LogP contribution in [0.25, 0.3) is 0 Å². The van der Waals surface area contributed by atoms with Gasteiger partial charge in [0.25, 0.3) is 0 Å². The number of ether oxygens (including phenoxy) is 1. The molecule has 0 heterocycles. The lowest BCUT2D eigenvalue weighted by Gasteiger charge is -2.22. The van der Waals surface area contributed by atoms with Crippen LogP contribution >= 0.6 is 11.6 Å².